The molecule has 0 nitrogen and oxygen atoms in total. The van der Waals surface area contributed by atoms with Crippen LogP contribution in [0.2, 0.25) is 0 Å². The summed E-state index contributed by atoms with van der Waals surface area (Å²) in [6, 6.07) is 21.4. The van der Waals surface area contributed by atoms with Gasteiger partial charge < -0.3 is 0 Å². The van der Waals surface area contributed by atoms with Crippen molar-refractivity contribution in [2.75, 3.05) is 0 Å². The van der Waals surface area contributed by atoms with Crippen LogP contribution in [0.1, 0.15) is 51.7 Å². The summed E-state index contributed by atoms with van der Waals surface area (Å²) in [6.45, 7) is 8.47. The van der Waals surface area contributed by atoms with E-state index in [0.29, 0.717) is 0 Å². The zero-order valence-corrected chi connectivity index (χ0v) is 20.0. The van der Waals surface area contributed by atoms with Crippen molar-refractivity contribution < 1.29 is 65.4 Å². The Hall–Kier alpha value is 0.388. The summed E-state index contributed by atoms with van der Waals surface area (Å²) in [7, 11) is 0. The van der Waals surface area contributed by atoms with Crippen LogP contribution in [0, 0.1) is 11.8 Å². The quantitative estimate of drug-likeness (QED) is 0.491. The number of rotatable bonds is 5. The average molecular weight is 444 g/mol. The third-order valence-electron chi connectivity index (χ3n) is 3.35. The molecule has 2 heteroatoms. The van der Waals surface area contributed by atoms with Crippen LogP contribution in [0.15, 0.2) is 60.7 Å². The third-order valence-corrected chi connectivity index (χ3v) is 3.35. The molecule has 22 heavy (non-hydrogen) atoms. The Bertz CT molecular complexity index is 454. The molecule has 2 rings (SSSR count). The van der Waals surface area contributed by atoms with E-state index < -0.39 is 0 Å². The maximum Gasteiger partial charge on any atom is 0 e. The standard InChI is InChI=1S/C18H20.C2H6.2Y/c1-3-16(18-12-8-5-9-13-18)14-15(2)17-10-6-4-7-11-17;1-2;;/h4-13H,3,14H2,1-2H3;1-2H3;;/q-2;;;. The Morgan fingerprint density at radius 1 is 0.727 bits per heavy atom. The zero-order valence-electron chi connectivity index (χ0n) is 14.3. The van der Waals surface area contributed by atoms with E-state index in [2.05, 4.69) is 74.5 Å². The molecule has 0 fully saturated rings. The average Bonchev–Trinajstić information content (AvgIpc) is 2.56. The molecule has 0 aromatic heterocycles. The Balaban J connectivity index is 0. The van der Waals surface area contributed by atoms with Crippen molar-refractivity contribution in [3.8, 4) is 0 Å². The molecule has 0 aliphatic heterocycles. The molecule has 2 radical (unpaired) electrons. The van der Waals surface area contributed by atoms with Gasteiger partial charge in [0.25, 0.3) is 0 Å². The molecule has 114 valence electrons. The molecular weight excluding hydrogens is 418 g/mol. The fourth-order valence-corrected chi connectivity index (χ4v) is 2.25. The number of benzene rings is 2. The van der Waals surface area contributed by atoms with Gasteiger partial charge in [-0.15, -0.1) is 30.7 Å². The smallest absolute Gasteiger partial charge is 0 e. The van der Waals surface area contributed by atoms with Crippen LogP contribution in [0.3, 0.4) is 0 Å². The van der Waals surface area contributed by atoms with Crippen molar-refractivity contribution in [3.05, 3.63) is 83.6 Å². The summed E-state index contributed by atoms with van der Waals surface area (Å²) in [5, 5.41) is 0. The molecule has 2 aromatic rings. The maximum atomic E-state index is 2.24. The Labute approximate surface area is 187 Å². The van der Waals surface area contributed by atoms with Gasteiger partial charge in [0.1, 0.15) is 0 Å². The van der Waals surface area contributed by atoms with E-state index in [9.17, 15) is 0 Å². The summed E-state index contributed by atoms with van der Waals surface area (Å²) in [4.78, 5) is 0. The van der Waals surface area contributed by atoms with E-state index >= 15 is 0 Å². The van der Waals surface area contributed by atoms with E-state index in [-0.39, 0.29) is 65.4 Å². The van der Waals surface area contributed by atoms with Gasteiger partial charge in [0.2, 0.25) is 0 Å². The van der Waals surface area contributed by atoms with Crippen LogP contribution in [0.5, 0.6) is 0 Å². The van der Waals surface area contributed by atoms with Crippen LogP contribution < -0.4 is 0 Å². The molecule has 0 unspecified atom stereocenters. The number of hydrogen-bond acceptors (Lipinski definition) is 0. The van der Waals surface area contributed by atoms with Gasteiger partial charge in [0.05, 0.1) is 0 Å². The van der Waals surface area contributed by atoms with E-state index in [0.717, 1.165) is 12.8 Å². The second-order valence-electron chi connectivity index (χ2n) is 4.65. The molecule has 0 aliphatic rings. The summed E-state index contributed by atoms with van der Waals surface area (Å²) < 4.78 is 0. The van der Waals surface area contributed by atoms with Gasteiger partial charge in [-0.1, -0.05) is 46.2 Å². The second kappa shape index (κ2) is 14.9. The first-order valence-electron chi connectivity index (χ1n) is 7.59. The SMILES string of the molecule is CC.CC[C-](C[C-](C)c1ccccc1)c1ccccc1.[Y].[Y]. The van der Waals surface area contributed by atoms with Crippen LogP contribution in [-0.2, 0) is 65.4 Å². The van der Waals surface area contributed by atoms with Gasteiger partial charge >= 0.3 is 0 Å². The Morgan fingerprint density at radius 2 is 1.14 bits per heavy atom. The first-order chi connectivity index (χ1) is 9.81. The monoisotopic (exact) mass is 444 g/mol. The molecule has 0 heterocycles. The first kappa shape index (κ1) is 24.6. The van der Waals surface area contributed by atoms with E-state index in [1.54, 1.807) is 0 Å². The molecule has 0 aliphatic carbocycles. The Kier molecular flexibility index (Phi) is 16.7. The fraction of sp³-hybridized carbons (Fsp3) is 0.300. The van der Waals surface area contributed by atoms with E-state index in [1.807, 2.05) is 13.8 Å². The molecular formula is C20H26Y2-2. The first-order valence-corrected chi connectivity index (χ1v) is 7.59. The molecule has 2 aromatic carbocycles. The normalized spacial score (nSPS) is 8.55. The molecule has 0 amide bonds. The summed E-state index contributed by atoms with van der Waals surface area (Å²) >= 11 is 0. The minimum absolute atomic E-state index is 0. The van der Waals surface area contributed by atoms with E-state index in [4.69, 9.17) is 0 Å². The molecule has 0 bridgehead atoms. The third kappa shape index (κ3) is 8.30. The number of hydrogen-bond donors (Lipinski definition) is 0. The van der Waals surface area contributed by atoms with Gasteiger partial charge in [-0.3, -0.25) is 0 Å². The van der Waals surface area contributed by atoms with Crippen molar-refractivity contribution in [2.45, 2.75) is 40.5 Å². The van der Waals surface area contributed by atoms with Crippen LogP contribution in [0.4, 0.5) is 0 Å². The van der Waals surface area contributed by atoms with Gasteiger partial charge in [0.15, 0.2) is 0 Å². The van der Waals surface area contributed by atoms with Crippen molar-refractivity contribution in [1.29, 1.82) is 0 Å². The van der Waals surface area contributed by atoms with Crippen LogP contribution in [0.25, 0.3) is 0 Å². The maximum absolute atomic E-state index is 2.24. The topological polar surface area (TPSA) is 0 Å². The van der Waals surface area contributed by atoms with E-state index in [1.165, 1.54) is 23.0 Å². The fourth-order valence-electron chi connectivity index (χ4n) is 2.25. The van der Waals surface area contributed by atoms with Gasteiger partial charge in [-0.05, 0) is 0 Å². The molecule has 0 N–H and O–H groups in total. The summed E-state index contributed by atoms with van der Waals surface area (Å²) in [6.07, 6.45) is 2.17. The largest absolute Gasteiger partial charge is 0.190 e. The van der Waals surface area contributed by atoms with Crippen molar-refractivity contribution in [2.24, 2.45) is 0 Å². The zero-order chi connectivity index (χ0) is 14.8. The minimum atomic E-state index is 0. The van der Waals surface area contributed by atoms with Gasteiger partial charge in [0, 0.05) is 65.4 Å². The van der Waals surface area contributed by atoms with Crippen molar-refractivity contribution >= 4 is 0 Å². The van der Waals surface area contributed by atoms with Gasteiger partial charge in [-0.25, -0.2) is 0 Å². The van der Waals surface area contributed by atoms with Gasteiger partial charge in [-0.2, -0.15) is 47.2 Å². The molecule has 0 atom stereocenters. The molecule has 0 saturated carbocycles. The van der Waals surface area contributed by atoms with Crippen molar-refractivity contribution in [1.82, 2.24) is 0 Å². The predicted molar refractivity (Wildman–Crippen MR) is 89.5 cm³/mol. The second-order valence-corrected chi connectivity index (χ2v) is 4.65. The van der Waals surface area contributed by atoms with Crippen molar-refractivity contribution in [3.63, 3.8) is 0 Å². The molecule has 0 spiro atoms. The minimum Gasteiger partial charge on any atom is -0.190 e. The predicted octanol–water partition coefficient (Wildman–Crippen LogP) is 6.07. The van der Waals surface area contributed by atoms with Crippen LogP contribution in [-0.4, -0.2) is 0 Å². The Morgan fingerprint density at radius 3 is 1.55 bits per heavy atom. The molecule has 0 saturated heterocycles. The summed E-state index contributed by atoms with van der Waals surface area (Å²) in [5.74, 6) is 2.95. The summed E-state index contributed by atoms with van der Waals surface area (Å²) in [5.41, 5.74) is 2.72. The van der Waals surface area contributed by atoms with Crippen LogP contribution >= 0.6 is 0 Å².